The molecule has 0 spiro atoms. The molecule has 0 aliphatic heterocycles. The van der Waals surface area contributed by atoms with Crippen molar-refractivity contribution in [3.05, 3.63) is 0 Å². The first-order valence-electron chi connectivity index (χ1n) is 8.64. The van der Waals surface area contributed by atoms with Gasteiger partial charge < -0.3 is 0 Å². The molecule has 2 nitrogen and oxygen atoms in total. The van der Waals surface area contributed by atoms with Crippen LogP contribution in [0.3, 0.4) is 0 Å². The number of hydrogen-bond acceptors (Lipinski definition) is 2. The molecule has 2 unspecified atom stereocenters. The minimum absolute atomic E-state index is 0.0124. The normalized spacial score (nSPS) is 51.4. The summed E-state index contributed by atoms with van der Waals surface area (Å²) in [4.78, 5) is 24.0. The van der Waals surface area contributed by atoms with Crippen LogP contribution >= 0.6 is 0 Å². The topological polar surface area (TPSA) is 34.1 Å². The molecule has 6 atom stereocenters. The van der Waals surface area contributed by atoms with Crippen LogP contribution in [0.25, 0.3) is 0 Å². The third-order valence-electron chi connectivity index (χ3n) is 7.47. The molecular formula is C18H26O2. The van der Waals surface area contributed by atoms with Gasteiger partial charge in [-0.15, -0.1) is 0 Å². The molecule has 4 aliphatic rings. The molecular weight excluding hydrogens is 248 g/mol. The number of rotatable bonds is 0. The predicted molar refractivity (Wildman–Crippen MR) is 77.1 cm³/mol. The summed E-state index contributed by atoms with van der Waals surface area (Å²) in [6, 6.07) is 0. The minimum atomic E-state index is 0.0124. The van der Waals surface area contributed by atoms with Crippen LogP contribution in [0.15, 0.2) is 0 Å². The quantitative estimate of drug-likeness (QED) is 0.673. The van der Waals surface area contributed by atoms with Crippen molar-refractivity contribution in [2.75, 3.05) is 0 Å². The largest absolute Gasteiger partial charge is 0.300 e. The maximum atomic E-state index is 12.3. The highest BCUT2D eigenvalue weighted by Gasteiger charge is 2.56. The number of ketones is 2. The van der Waals surface area contributed by atoms with E-state index in [-0.39, 0.29) is 5.41 Å². The number of fused-ring (bicyclic) bond motifs is 5. The van der Waals surface area contributed by atoms with E-state index in [0.717, 1.165) is 56.3 Å². The second-order valence-corrected chi connectivity index (χ2v) is 8.13. The zero-order valence-electron chi connectivity index (χ0n) is 12.6. The summed E-state index contributed by atoms with van der Waals surface area (Å²) in [5.74, 6) is 4.79. The summed E-state index contributed by atoms with van der Waals surface area (Å²) >= 11 is 0. The average Bonchev–Trinajstić information content (AvgIpc) is 2.74. The Morgan fingerprint density at radius 2 is 1.75 bits per heavy atom. The number of carbonyl (C=O) groups is 2. The molecule has 0 aromatic heterocycles. The maximum Gasteiger partial charge on any atom is 0.139 e. The van der Waals surface area contributed by atoms with Crippen LogP contribution < -0.4 is 0 Å². The number of carbonyl (C=O) groups excluding carboxylic acids is 2. The van der Waals surface area contributed by atoms with Gasteiger partial charge in [0.25, 0.3) is 0 Å². The van der Waals surface area contributed by atoms with Crippen LogP contribution in [0.2, 0.25) is 0 Å². The van der Waals surface area contributed by atoms with Gasteiger partial charge in [-0.05, 0) is 68.1 Å². The summed E-state index contributed by atoms with van der Waals surface area (Å²) in [7, 11) is 0. The molecule has 0 aromatic carbocycles. The Labute approximate surface area is 121 Å². The minimum Gasteiger partial charge on any atom is -0.300 e. The van der Waals surface area contributed by atoms with Crippen LogP contribution in [0, 0.1) is 35.0 Å². The summed E-state index contributed by atoms with van der Waals surface area (Å²) < 4.78 is 0. The first-order chi connectivity index (χ1) is 9.59. The van der Waals surface area contributed by atoms with Crippen molar-refractivity contribution >= 4 is 11.6 Å². The summed E-state index contributed by atoms with van der Waals surface area (Å²) in [6.07, 6.45) is 9.70. The average molecular weight is 274 g/mol. The van der Waals surface area contributed by atoms with E-state index in [4.69, 9.17) is 0 Å². The van der Waals surface area contributed by atoms with E-state index in [9.17, 15) is 9.59 Å². The lowest BCUT2D eigenvalue weighted by Crippen LogP contribution is -2.48. The van der Waals surface area contributed by atoms with Crippen molar-refractivity contribution in [1.82, 2.24) is 0 Å². The standard InChI is InChI=1S/C18H26O2/c1-18-9-8-14-13-5-3-12(19)10-11(13)2-4-15(14)16(18)6-7-17(18)20/h11,13-16H,2-10H2,1H3/t11?,13-,14+,15?,16-,18-/m0/s1. The van der Waals surface area contributed by atoms with E-state index in [1.807, 2.05) is 0 Å². The molecule has 20 heavy (non-hydrogen) atoms. The summed E-state index contributed by atoms with van der Waals surface area (Å²) in [6.45, 7) is 2.25. The molecule has 4 rings (SSSR count). The fourth-order valence-corrected chi connectivity index (χ4v) is 6.43. The first-order valence-corrected chi connectivity index (χ1v) is 8.64. The van der Waals surface area contributed by atoms with E-state index < -0.39 is 0 Å². The van der Waals surface area contributed by atoms with Crippen molar-refractivity contribution in [2.45, 2.75) is 64.7 Å². The van der Waals surface area contributed by atoms with Crippen LogP contribution in [0.4, 0.5) is 0 Å². The van der Waals surface area contributed by atoms with Gasteiger partial charge in [-0.2, -0.15) is 0 Å². The molecule has 0 heterocycles. The molecule has 0 aromatic rings. The number of Topliss-reactive ketones (excluding diaryl/α,β-unsaturated/α-hetero) is 2. The van der Waals surface area contributed by atoms with E-state index in [1.165, 1.54) is 19.3 Å². The molecule has 4 aliphatic carbocycles. The van der Waals surface area contributed by atoms with Gasteiger partial charge in [0.05, 0.1) is 0 Å². The summed E-state index contributed by atoms with van der Waals surface area (Å²) in [5, 5.41) is 0. The van der Waals surface area contributed by atoms with Crippen LogP contribution in [0.1, 0.15) is 64.7 Å². The molecule has 0 N–H and O–H groups in total. The van der Waals surface area contributed by atoms with Crippen molar-refractivity contribution < 1.29 is 9.59 Å². The lowest BCUT2D eigenvalue weighted by molar-refractivity contribution is -0.134. The Morgan fingerprint density at radius 3 is 2.60 bits per heavy atom. The smallest absolute Gasteiger partial charge is 0.139 e. The van der Waals surface area contributed by atoms with Crippen molar-refractivity contribution in [2.24, 2.45) is 35.0 Å². The zero-order chi connectivity index (χ0) is 13.9. The lowest BCUT2D eigenvalue weighted by Gasteiger charge is -2.53. The van der Waals surface area contributed by atoms with E-state index >= 15 is 0 Å². The molecule has 0 amide bonds. The second kappa shape index (κ2) is 4.42. The van der Waals surface area contributed by atoms with Gasteiger partial charge >= 0.3 is 0 Å². The van der Waals surface area contributed by atoms with Gasteiger partial charge in [0.1, 0.15) is 11.6 Å². The van der Waals surface area contributed by atoms with Gasteiger partial charge in [-0.25, -0.2) is 0 Å². The Balaban J connectivity index is 1.59. The lowest BCUT2D eigenvalue weighted by atomic mass is 9.50. The van der Waals surface area contributed by atoms with Crippen molar-refractivity contribution in [3.63, 3.8) is 0 Å². The highest BCUT2D eigenvalue weighted by molar-refractivity contribution is 5.87. The second-order valence-electron chi connectivity index (χ2n) is 8.13. The van der Waals surface area contributed by atoms with Crippen LogP contribution in [-0.2, 0) is 9.59 Å². The van der Waals surface area contributed by atoms with Crippen molar-refractivity contribution in [3.8, 4) is 0 Å². The van der Waals surface area contributed by atoms with Gasteiger partial charge in [-0.3, -0.25) is 9.59 Å². The molecule has 0 radical (unpaired) electrons. The van der Waals surface area contributed by atoms with Crippen molar-refractivity contribution in [1.29, 1.82) is 0 Å². The Bertz CT molecular complexity index is 454. The molecule has 110 valence electrons. The van der Waals surface area contributed by atoms with Gasteiger partial charge in [-0.1, -0.05) is 6.92 Å². The Hall–Kier alpha value is -0.660. The Morgan fingerprint density at radius 1 is 0.900 bits per heavy atom. The summed E-state index contributed by atoms with van der Waals surface area (Å²) in [5.41, 5.74) is 0.0124. The van der Waals surface area contributed by atoms with Gasteiger partial charge in [0.2, 0.25) is 0 Å². The van der Waals surface area contributed by atoms with Gasteiger partial charge in [0.15, 0.2) is 0 Å². The third kappa shape index (κ3) is 1.69. The maximum absolute atomic E-state index is 12.3. The highest BCUT2D eigenvalue weighted by atomic mass is 16.1. The number of hydrogen-bond donors (Lipinski definition) is 0. The first kappa shape index (κ1) is 13.0. The van der Waals surface area contributed by atoms with E-state index in [2.05, 4.69) is 6.92 Å². The molecule has 2 heteroatoms. The van der Waals surface area contributed by atoms with Crippen LogP contribution in [0.5, 0.6) is 0 Å². The fourth-order valence-electron chi connectivity index (χ4n) is 6.43. The van der Waals surface area contributed by atoms with Gasteiger partial charge in [0, 0.05) is 24.7 Å². The highest BCUT2D eigenvalue weighted by Crippen LogP contribution is 2.61. The predicted octanol–water partition coefficient (Wildman–Crippen LogP) is 3.78. The van der Waals surface area contributed by atoms with E-state index in [0.29, 0.717) is 23.4 Å². The molecule has 4 fully saturated rings. The Kier molecular flexibility index (Phi) is 2.88. The van der Waals surface area contributed by atoms with Crippen LogP contribution in [-0.4, -0.2) is 11.6 Å². The molecule has 0 bridgehead atoms. The monoisotopic (exact) mass is 274 g/mol. The molecule has 0 saturated heterocycles. The SMILES string of the molecule is C[C@]12CC[C@H]3C(CCC4CC(=O)CC[C@@H]43)[C@@H]1CCC2=O. The zero-order valence-corrected chi connectivity index (χ0v) is 12.6. The fraction of sp³-hybridized carbons (Fsp3) is 0.889. The molecule has 4 saturated carbocycles. The third-order valence-corrected chi connectivity index (χ3v) is 7.47. The van der Waals surface area contributed by atoms with E-state index in [1.54, 1.807) is 0 Å².